The van der Waals surface area contributed by atoms with Crippen LogP contribution in [0.4, 0.5) is 11.5 Å². The van der Waals surface area contributed by atoms with E-state index in [0.29, 0.717) is 22.8 Å². The number of carbonyl (C=O) groups is 2. The molecule has 0 spiro atoms. The van der Waals surface area contributed by atoms with Crippen molar-refractivity contribution < 1.29 is 14.1 Å². The summed E-state index contributed by atoms with van der Waals surface area (Å²) in [6.45, 7) is 4.97. The number of aromatic nitrogens is 1. The predicted octanol–water partition coefficient (Wildman–Crippen LogP) is 2.62. The Morgan fingerprint density at radius 2 is 2.05 bits per heavy atom. The first kappa shape index (κ1) is 14.8. The molecule has 2 aromatic rings. The molecule has 1 heterocycles. The molecule has 2 N–H and O–H groups in total. The lowest BCUT2D eigenvalue weighted by atomic mass is 10.1. The average molecular weight is 287 g/mol. The van der Waals surface area contributed by atoms with Gasteiger partial charge in [-0.2, -0.15) is 0 Å². The van der Waals surface area contributed by atoms with Crippen molar-refractivity contribution in [3.63, 3.8) is 0 Å². The predicted molar refractivity (Wildman–Crippen MR) is 79.4 cm³/mol. The minimum atomic E-state index is -0.482. The third-order valence-corrected chi connectivity index (χ3v) is 2.92. The van der Waals surface area contributed by atoms with Gasteiger partial charge in [0.2, 0.25) is 5.91 Å². The summed E-state index contributed by atoms with van der Waals surface area (Å²) in [5, 5.41) is 9.39. The fourth-order valence-electron chi connectivity index (χ4n) is 1.80. The lowest BCUT2D eigenvalue weighted by Crippen LogP contribution is -2.32. The molecule has 0 aliphatic rings. The molecular weight excluding hydrogens is 270 g/mol. The van der Waals surface area contributed by atoms with E-state index in [2.05, 4.69) is 15.8 Å². The number of nitrogens with zero attached hydrogens (tertiary/aromatic N) is 1. The first-order valence-electron chi connectivity index (χ1n) is 6.57. The minimum Gasteiger partial charge on any atom is -0.374 e. The average Bonchev–Trinajstić information content (AvgIpc) is 2.84. The van der Waals surface area contributed by atoms with Crippen molar-refractivity contribution in [1.82, 2.24) is 5.16 Å². The van der Waals surface area contributed by atoms with E-state index in [1.165, 1.54) is 6.92 Å². The number of nitrogens with one attached hydrogen (secondary N) is 2. The molecule has 0 unspecified atom stereocenters. The molecular formula is C15H17N3O3. The molecule has 1 atom stereocenters. The maximum absolute atomic E-state index is 12.0. The van der Waals surface area contributed by atoms with Crippen LogP contribution in [-0.4, -0.2) is 22.9 Å². The fourth-order valence-corrected chi connectivity index (χ4v) is 1.80. The monoisotopic (exact) mass is 287 g/mol. The van der Waals surface area contributed by atoms with E-state index >= 15 is 0 Å². The molecule has 0 radical (unpaired) electrons. The van der Waals surface area contributed by atoms with Crippen LogP contribution < -0.4 is 10.6 Å². The normalized spacial score (nSPS) is 11.8. The summed E-state index contributed by atoms with van der Waals surface area (Å²) in [6, 6.07) is 8.18. The SMILES string of the molecule is CC(=O)c1cccc(N[C@H](C)C(=O)Nc2cc(C)on2)c1. The first-order valence-corrected chi connectivity index (χ1v) is 6.57. The van der Waals surface area contributed by atoms with Crippen molar-refractivity contribution >= 4 is 23.2 Å². The molecule has 0 aliphatic heterocycles. The highest BCUT2D eigenvalue weighted by molar-refractivity contribution is 5.97. The van der Waals surface area contributed by atoms with E-state index in [0.717, 1.165) is 0 Å². The van der Waals surface area contributed by atoms with Gasteiger partial charge in [-0.15, -0.1) is 0 Å². The Labute approximate surface area is 122 Å². The maximum atomic E-state index is 12.0. The topological polar surface area (TPSA) is 84.2 Å². The second-order valence-electron chi connectivity index (χ2n) is 4.82. The van der Waals surface area contributed by atoms with Gasteiger partial charge in [0.15, 0.2) is 11.6 Å². The van der Waals surface area contributed by atoms with E-state index < -0.39 is 6.04 Å². The molecule has 0 aliphatic carbocycles. The zero-order valence-corrected chi connectivity index (χ0v) is 12.1. The molecule has 0 bridgehead atoms. The van der Waals surface area contributed by atoms with Gasteiger partial charge in [0.05, 0.1) is 0 Å². The van der Waals surface area contributed by atoms with Crippen molar-refractivity contribution in [2.75, 3.05) is 10.6 Å². The number of benzene rings is 1. The highest BCUT2D eigenvalue weighted by atomic mass is 16.5. The van der Waals surface area contributed by atoms with E-state index in [4.69, 9.17) is 4.52 Å². The van der Waals surface area contributed by atoms with Gasteiger partial charge in [0.1, 0.15) is 11.8 Å². The summed E-state index contributed by atoms with van der Waals surface area (Å²) < 4.78 is 4.88. The van der Waals surface area contributed by atoms with Gasteiger partial charge in [0.25, 0.3) is 0 Å². The van der Waals surface area contributed by atoms with Crippen LogP contribution in [0.1, 0.15) is 30.0 Å². The zero-order chi connectivity index (χ0) is 15.4. The molecule has 110 valence electrons. The Morgan fingerprint density at radius 3 is 2.67 bits per heavy atom. The number of amides is 1. The quantitative estimate of drug-likeness (QED) is 0.826. The van der Waals surface area contributed by atoms with Gasteiger partial charge in [-0.1, -0.05) is 17.3 Å². The molecule has 6 heteroatoms. The van der Waals surface area contributed by atoms with Gasteiger partial charge in [-0.25, -0.2) is 0 Å². The molecule has 0 saturated carbocycles. The highest BCUT2D eigenvalue weighted by Crippen LogP contribution is 2.13. The van der Waals surface area contributed by atoms with Crippen LogP contribution in [-0.2, 0) is 4.79 Å². The third kappa shape index (κ3) is 3.92. The fraction of sp³-hybridized carbons (Fsp3) is 0.267. The van der Waals surface area contributed by atoms with Crippen LogP contribution in [0.25, 0.3) is 0 Å². The second-order valence-corrected chi connectivity index (χ2v) is 4.82. The molecule has 0 fully saturated rings. The van der Waals surface area contributed by atoms with Crippen LogP contribution in [0.2, 0.25) is 0 Å². The number of aryl methyl sites for hydroxylation is 1. The number of anilines is 2. The Balaban J connectivity index is 2.00. The summed E-state index contributed by atoms with van der Waals surface area (Å²) in [4.78, 5) is 23.4. The summed E-state index contributed by atoms with van der Waals surface area (Å²) in [6.07, 6.45) is 0. The number of ketones is 1. The Bertz CT molecular complexity index is 664. The number of Topliss-reactive ketones (excluding diaryl/α,β-unsaturated/α-hetero) is 1. The number of rotatable bonds is 5. The van der Waals surface area contributed by atoms with Crippen LogP contribution in [0.3, 0.4) is 0 Å². The third-order valence-electron chi connectivity index (χ3n) is 2.92. The van der Waals surface area contributed by atoms with Gasteiger partial charge in [-0.3, -0.25) is 9.59 Å². The van der Waals surface area contributed by atoms with Crippen molar-refractivity contribution in [1.29, 1.82) is 0 Å². The summed E-state index contributed by atoms with van der Waals surface area (Å²) in [5.74, 6) is 0.745. The van der Waals surface area contributed by atoms with Gasteiger partial charge in [0, 0.05) is 17.3 Å². The van der Waals surface area contributed by atoms with Crippen LogP contribution in [0.15, 0.2) is 34.9 Å². The van der Waals surface area contributed by atoms with Crippen molar-refractivity contribution in [2.24, 2.45) is 0 Å². The van der Waals surface area contributed by atoms with E-state index in [1.54, 1.807) is 44.2 Å². The van der Waals surface area contributed by atoms with Crippen LogP contribution in [0.5, 0.6) is 0 Å². The summed E-state index contributed by atoms with van der Waals surface area (Å²) >= 11 is 0. The Hall–Kier alpha value is -2.63. The Morgan fingerprint density at radius 1 is 1.29 bits per heavy atom. The molecule has 21 heavy (non-hydrogen) atoms. The standard InChI is InChI=1S/C15H17N3O3/c1-9-7-14(18-21-9)17-15(20)10(2)16-13-6-4-5-12(8-13)11(3)19/h4-8,10,16H,1-3H3,(H,17,18,20)/t10-/m1/s1. The Kier molecular flexibility index (Phi) is 4.37. The molecule has 1 aromatic heterocycles. The van der Waals surface area contributed by atoms with Crippen LogP contribution >= 0.6 is 0 Å². The van der Waals surface area contributed by atoms with Crippen molar-refractivity contribution in [2.45, 2.75) is 26.8 Å². The van der Waals surface area contributed by atoms with E-state index in [-0.39, 0.29) is 11.7 Å². The van der Waals surface area contributed by atoms with Crippen LogP contribution in [0, 0.1) is 6.92 Å². The lowest BCUT2D eigenvalue weighted by molar-refractivity contribution is -0.116. The smallest absolute Gasteiger partial charge is 0.247 e. The zero-order valence-electron chi connectivity index (χ0n) is 12.1. The summed E-state index contributed by atoms with van der Waals surface area (Å²) in [7, 11) is 0. The molecule has 0 saturated heterocycles. The second kappa shape index (κ2) is 6.21. The number of hydrogen-bond donors (Lipinski definition) is 2. The molecule has 6 nitrogen and oxygen atoms in total. The van der Waals surface area contributed by atoms with Gasteiger partial charge >= 0.3 is 0 Å². The lowest BCUT2D eigenvalue weighted by Gasteiger charge is -2.14. The largest absolute Gasteiger partial charge is 0.374 e. The van der Waals surface area contributed by atoms with Crippen molar-refractivity contribution in [3.05, 3.63) is 41.7 Å². The minimum absolute atomic E-state index is 0.0196. The van der Waals surface area contributed by atoms with E-state index in [1.807, 2.05) is 0 Å². The molecule has 2 rings (SSSR count). The first-order chi connectivity index (χ1) is 9.95. The summed E-state index contributed by atoms with van der Waals surface area (Å²) in [5.41, 5.74) is 1.31. The van der Waals surface area contributed by atoms with Gasteiger partial charge < -0.3 is 15.2 Å². The maximum Gasteiger partial charge on any atom is 0.247 e. The molecule has 1 amide bonds. The number of carbonyl (C=O) groups excluding carboxylic acids is 2. The van der Waals surface area contributed by atoms with Gasteiger partial charge in [-0.05, 0) is 32.9 Å². The van der Waals surface area contributed by atoms with Crippen molar-refractivity contribution in [3.8, 4) is 0 Å². The van der Waals surface area contributed by atoms with E-state index in [9.17, 15) is 9.59 Å². The number of hydrogen-bond acceptors (Lipinski definition) is 5. The molecule has 1 aromatic carbocycles. The highest BCUT2D eigenvalue weighted by Gasteiger charge is 2.14.